The molecule has 2 aromatic rings. The van der Waals surface area contributed by atoms with E-state index in [1.54, 1.807) is 4.90 Å². The summed E-state index contributed by atoms with van der Waals surface area (Å²) in [5, 5.41) is 0.642. The Labute approximate surface area is 147 Å². The Kier molecular flexibility index (Phi) is 4.41. The first-order valence-corrected chi connectivity index (χ1v) is 8.31. The number of hydrogen-bond acceptors (Lipinski definition) is 3. The number of ether oxygens (including phenoxy) is 1. The molecule has 1 saturated heterocycles. The van der Waals surface area contributed by atoms with Crippen molar-refractivity contribution in [1.82, 2.24) is 4.90 Å². The number of cyclic esters (lactones) is 1. The topological polar surface area (TPSA) is 55.6 Å². The van der Waals surface area contributed by atoms with Crippen LogP contribution in [0.5, 0.6) is 0 Å². The molecule has 2 N–H and O–H groups in total. The number of nitrogens with zero attached hydrogens (tertiary/aromatic N) is 1. The molecular formula is C19H21ClN2O2. The van der Waals surface area contributed by atoms with Crippen LogP contribution in [0.15, 0.2) is 48.5 Å². The second-order valence-corrected chi connectivity index (χ2v) is 7.21. The molecule has 3 rings (SSSR count). The molecule has 0 spiro atoms. The Bertz CT molecular complexity index is 743. The van der Waals surface area contributed by atoms with Gasteiger partial charge in [-0.05, 0) is 55.7 Å². The predicted molar refractivity (Wildman–Crippen MR) is 96.0 cm³/mol. The summed E-state index contributed by atoms with van der Waals surface area (Å²) in [6.07, 6.45) is 0.146. The lowest BCUT2D eigenvalue weighted by molar-refractivity contribution is 0.116. The fraction of sp³-hybridized carbons (Fsp3) is 0.316. The van der Waals surface area contributed by atoms with Gasteiger partial charge in [0.25, 0.3) is 0 Å². The van der Waals surface area contributed by atoms with Gasteiger partial charge in [0, 0.05) is 16.2 Å². The zero-order valence-corrected chi connectivity index (χ0v) is 14.6. The van der Waals surface area contributed by atoms with Crippen LogP contribution >= 0.6 is 11.6 Å². The highest BCUT2D eigenvalue weighted by atomic mass is 35.5. The van der Waals surface area contributed by atoms with E-state index in [2.05, 4.69) is 0 Å². The first kappa shape index (κ1) is 16.7. The molecule has 24 heavy (non-hydrogen) atoms. The van der Waals surface area contributed by atoms with Crippen LogP contribution in [0.2, 0.25) is 5.02 Å². The molecule has 1 fully saturated rings. The van der Waals surface area contributed by atoms with Crippen LogP contribution in [-0.4, -0.2) is 23.1 Å². The van der Waals surface area contributed by atoms with Crippen molar-refractivity contribution in [2.45, 2.75) is 31.9 Å². The third-order valence-corrected chi connectivity index (χ3v) is 4.61. The summed E-state index contributed by atoms with van der Waals surface area (Å²) >= 11 is 6.04. The van der Waals surface area contributed by atoms with Gasteiger partial charge in [-0.3, -0.25) is 4.90 Å². The molecule has 0 aliphatic carbocycles. The predicted octanol–water partition coefficient (Wildman–Crippen LogP) is 4.44. The molecule has 5 heteroatoms. The molecule has 126 valence electrons. The van der Waals surface area contributed by atoms with Gasteiger partial charge in [0.1, 0.15) is 6.10 Å². The standard InChI is InChI=1S/C19H21ClN2O2/c1-19(2,11-13-6-8-16(21)9-7-13)22-12-17(24-18(22)23)14-4-3-5-15(20)10-14/h3-10,17H,11-12,21H2,1-2H3. The summed E-state index contributed by atoms with van der Waals surface area (Å²) in [6.45, 7) is 4.61. The van der Waals surface area contributed by atoms with Crippen LogP contribution in [0.1, 0.15) is 31.1 Å². The molecule has 1 heterocycles. The largest absolute Gasteiger partial charge is 0.439 e. The zero-order valence-electron chi connectivity index (χ0n) is 13.8. The third-order valence-electron chi connectivity index (χ3n) is 4.38. The summed E-state index contributed by atoms with van der Waals surface area (Å²) < 4.78 is 5.57. The number of carbonyl (C=O) groups is 1. The summed E-state index contributed by atoms with van der Waals surface area (Å²) in [5.74, 6) is 0. The number of amides is 1. The highest BCUT2D eigenvalue weighted by molar-refractivity contribution is 6.30. The number of rotatable bonds is 4. The normalized spacial score (nSPS) is 17.9. The Balaban J connectivity index is 1.76. The number of nitrogens with two attached hydrogens (primary N) is 1. The van der Waals surface area contributed by atoms with Crippen molar-refractivity contribution in [3.05, 3.63) is 64.7 Å². The van der Waals surface area contributed by atoms with Gasteiger partial charge < -0.3 is 10.5 Å². The van der Waals surface area contributed by atoms with E-state index in [1.807, 2.05) is 62.4 Å². The van der Waals surface area contributed by atoms with Gasteiger partial charge in [-0.2, -0.15) is 0 Å². The van der Waals surface area contributed by atoms with E-state index >= 15 is 0 Å². The van der Waals surface area contributed by atoms with Crippen LogP contribution in [0, 0.1) is 0 Å². The zero-order chi connectivity index (χ0) is 17.3. The number of halogens is 1. The number of nitrogen functional groups attached to an aromatic ring is 1. The highest BCUT2D eigenvalue weighted by Crippen LogP contribution is 2.33. The van der Waals surface area contributed by atoms with Crippen molar-refractivity contribution >= 4 is 23.4 Å². The van der Waals surface area contributed by atoms with Gasteiger partial charge in [-0.25, -0.2) is 4.79 Å². The van der Waals surface area contributed by atoms with Crippen LogP contribution in [0.4, 0.5) is 10.5 Å². The summed E-state index contributed by atoms with van der Waals surface area (Å²) in [4.78, 5) is 14.2. The van der Waals surface area contributed by atoms with Gasteiger partial charge in [0.2, 0.25) is 0 Å². The van der Waals surface area contributed by atoms with E-state index < -0.39 is 0 Å². The van der Waals surface area contributed by atoms with Crippen LogP contribution < -0.4 is 5.73 Å². The lowest BCUT2D eigenvalue weighted by Gasteiger charge is -2.33. The second kappa shape index (κ2) is 6.36. The number of carbonyl (C=O) groups excluding carboxylic acids is 1. The van der Waals surface area contributed by atoms with Crippen molar-refractivity contribution in [2.24, 2.45) is 0 Å². The fourth-order valence-electron chi connectivity index (χ4n) is 3.07. The maximum atomic E-state index is 12.4. The summed E-state index contributed by atoms with van der Waals surface area (Å²) in [7, 11) is 0. The van der Waals surface area contributed by atoms with Crippen molar-refractivity contribution in [1.29, 1.82) is 0 Å². The SMILES string of the molecule is CC(C)(Cc1ccc(N)cc1)N1CC(c2cccc(Cl)c2)OC1=O. The van der Waals surface area contributed by atoms with E-state index in [1.165, 1.54) is 0 Å². The third kappa shape index (κ3) is 3.49. The van der Waals surface area contributed by atoms with Crippen LogP contribution in [-0.2, 0) is 11.2 Å². The van der Waals surface area contributed by atoms with Crippen LogP contribution in [0.25, 0.3) is 0 Å². The van der Waals surface area contributed by atoms with Crippen molar-refractivity contribution < 1.29 is 9.53 Å². The van der Waals surface area contributed by atoms with Gasteiger partial charge >= 0.3 is 6.09 Å². The quantitative estimate of drug-likeness (QED) is 0.834. The van der Waals surface area contributed by atoms with Crippen molar-refractivity contribution in [3.63, 3.8) is 0 Å². The molecule has 2 aromatic carbocycles. The molecule has 0 aromatic heterocycles. The molecular weight excluding hydrogens is 324 g/mol. The molecule has 0 bridgehead atoms. The second-order valence-electron chi connectivity index (χ2n) is 6.77. The van der Waals surface area contributed by atoms with E-state index in [9.17, 15) is 4.79 Å². The minimum absolute atomic E-state index is 0.290. The van der Waals surface area contributed by atoms with E-state index in [0.29, 0.717) is 11.6 Å². The number of benzene rings is 2. The molecule has 1 aliphatic rings. The molecule has 4 nitrogen and oxygen atoms in total. The fourth-order valence-corrected chi connectivity index (χ4v) is 3.27. The van der Waals surface area contributed by atoms with Crippen molar-refractivity contribution in [2.75, 3.05) is 12.3 Å². The molecule has 1 aliphatic heterocycles. The molecule has 1 unspecified atom stereocenters. The first-order valence-electron chi connectivity index (χ1n) is 7.93. The maximum Gasteiger partial charge on any atom is 0.411 e. The lowest BCUT2D eigenvalue weighted by atomic mass is 9.92. The van der Waals surface area contributed by atoms with Gasteiger partial charge in [0.15, 0.2) is 0 Å². The van der Waals surface area contributed by atoms with Gasteiger partial charge in [-0.1, -0.05) is 35.9 Å². The van der Waals surface area contributed by atoms with E-state index in [0.717, 1.165) is 23.2 Å². The lowest BCUT2D eigenvalue weighted by Crippen LogP contribution is -2.46. The average molecular weight is 345 g/mol. The van der Waals surface area contributed by atoms with Gasteiger partial charge in [-0.15, -0.1) is 0 Å². The van der Waals surface area contributed by atoms with E-state index in [-0.39, 0.29) is 17.7 Å². The Morgan fingerprint density at radius 2 is 1.96 bits per heavy atom. The minimum Gasteiger partial charge on any atom is -0.439 e. The number of hydrogen-bond donors (Lipinski definition) is 1. The minimum atomic E-state index is -0.361. The monoisotopic (exact) mass is 344 g/mol. The highest BCUT2D eigenvalue weighted by Gasteiger charge is 2.41. The Hall–Kier alpha value is -2.20. The molecule has 0 radical (unpaired) electrons. The first-order chi connectivity index (χ1) is 11.3. The van der Waals surface area contributed by atoms with Crippen LogP contribution in [0.3, 0.4) is 0 Å². The molecule has 0 saturated carbocycles. The Morgan fingerprint density at radius 3 is 2.62 bits per heavy atom. The number of anilines is 1. The average Bonchev–Trinajstić information content (AvgIpc) is 2.92. The summed E-state index contributed by atoms with van der Waals surface area (Å²) in [5.41, 5.74) is 8.16. The maximum absolute atomic E-state index is 12.4. The molecule has 1 atom stereocenters. The Morgan fingerprint density at radius 1 is 1.25 bits per heavy atom. The smallest absolute Gasteiger partial charge is 0.411 e. The summed E-state index contributed by atoms with van der Waals surface area (Å²) in [6, 6.07) is 15.2. The molecule has 1 amide bonds. The van der Waals surface area contributed by atoms with E-state index in [4.69, 9.17) is 22.1 Å². The van der Waals surface area contributed by atoms with Crippen molar-refractivity contribution in [3.8, 4) is 0 Å². The van der Waals surface area contributed by atoms with Gasteiger partial charge in [0.05, 0.1) is 6.54 Å².